The summed E-state index contributed by atoms with van der Waals surface area (Å²) in [4.78, 5) is 37.0. The van der Waals surface area contributed by atoms with Crippen LogP contribution in [0, 0.1) is 11.7 Å². The number of hydrogen-bond acceptors (Lipinski definition) is 3. The van der Waals surface area contributed by atoms with Crippen LogP contribution in [0.25, 0.3) is 0 Å². The van der Waals surface area contributed by atoms with E-state index >= 15 is 0 Å². The molecule has 1 aliphatic rings. The molecule has 1 aromatic rings. The lowest BCUT2D eigenvalue weighted by Crippen LogP contribution is -2.41. The van der Waals surface area contributed by atoms with Crippen molar-refractivity contribution in [3.63, 3.8) is 0 Å². The van der Waals surface area contributed by atoms with E-state index in [0.29, 0.717) is 25.9 Å². The highest BCUT2D eigenvalue weighted by Crippen LogP contribution is 2.21. The van der Waals surface area contributed by atoms with Crippen LogP contribution in [-0.2, 0) is 9.59 Å². The molecule has 1 saturated heterocycles. The highest BCUT2D eigenvalue weighted by molar-refractivity contribution is 6.33. The molecule has 0 aromatic heterocycles. The average molecular weight is 384 g/mol. The van der Waals surface area contributed by atoms with Crippen molar-refractivity contribution in [3.05, 3.63) is 34.6 Å². The van der Waals surface area contributed by atoms with Crippen molar-refractivity contribution in [1.82, 2.24) is 10.2 Å². The topological polar surface area (TPSA) is 92.5 Å². The first-order valence-corrected chi connectivity index (χ1v) is 9.04. The van der Waals surface area contributed by atoms with Crippen LogP contribution in [0.15, 0.2) is 18.2 Å². The van der Waals surface area contributed by atoms with Crippen molar-refractivity contribution in [2.75, 3.05) is 19.6 Å². The van der Waals surface area contributed by atoms with Gasteiger partial charge in [0.2, 0.25) is 11.8 Å². The molecular weight excluding hydrogens is 361 g/mol. The predicted molar refractivity (Wildman–Crippen MR) is 96.1 cm³/mol. The SMILES string of the molecule is NC(=O)CCC1CCCN(C(=O)CCNC(=O)c2ccc(F)cc2Cl)C1. The molecule has 0 saturated carbocycles. The first kappa shape index (κ1) is 20.2. The number of benzene rings is 1. The van der Waals surface area contributed by atoms with Gasteiger partial charge in [-0.25, -0.2) is 4.39 Å². The zero-order valence-electron chi connectivity index (χ0n) is 14.5. The molecule has 6 nitrogen and oxygen atoms in total. The number of halogens is 2. The van der Waals surface area contributed by atoms with E-state index in [4.69, 9.17) is 17.3 Å². The minimum absolute atomic E-state index is 0.0298. The Morgan fingerprint density at radius 3 is 2.77 bits per heavy atom. The van der Waals surface area contributed by atoms with Gasteiger partial charge < -0.3 is 16.0 Å². The number of amides is 3. The summed E-state index contributed by atoms with van der Waals surface area (Å²) in [7, 11) is 0. The number of primary amides is 1. The number of carbonyl (C=O) groups excluding carboxylic acids is 3. The third-order valence-electron chi connectivity index (χ3n) is 4.47. The second kappa shape index (κ2) is 9.52. The van der Waals surface area contributed by atoms with Crippen LogP contribution < -0.4 is 11.1 Å². The Labute approximate surface area is 156 Å². The minimum atomic E-state index is -0.516. The van der Waals surface area contributed by atoms with E-state index in [9.17, 15) is 18.8 Å². The van der Waals surface area contributed by atoms with E-state index in [2.05, 4.69) is 5.32 Å². The Morgan fingerprint density at radius 2 is 2.08 bits per heavy atom. The summed E-state index contributed by atoms with van der Waals surface area (Å²) < 4.78 is 13.0. The maximum atomic E-state index is 13.0. The maximum Gasteiger partial charge on any atom is 0.252 e. The van der Waals surface area contributed by atoms with Gasteiger partial charge in [0.15, 0.2) is 0 Å². The second-order valence-electron chi connectivity index (χ2n) is 6.48. The van der Waals surface area contributed by atoms with Crippen LogP contribution in [0.5, 0.6) is 0 Å². The van der Waals surface area contributed by atoms with Crippen molar-refractivity contribution in [2.45, 2.75) is 32.1 Å². The lowest BCUT2D eigenvalue weighted by molar-refractivity contribution is -0.132. The number of carbonyl (C=O) groups is 3. The molecule has 1 aliphatic heterocycles. The van der Waals surface area contributed by atoms with Crippen LogP contribution in [0.3, 0.4) is 0 Å². The Hall–Kier alpha value is -2.15. The normalized spacial score (nSPS) is 17.0. The summed E-state index contributed by atoms with van der Waals surface area (Å²) in [5.41, 5.74) is 5.35. The Bertz CT molecular complexity index is 684. The van der Waals surface area contributed by atoms with Crippen molar-refractivity contribution < 1.29 is 18.8 Å². The monoisotopic (exact) mass is 383 g/mol. The molecule has 0 aliphatic carbocycles. The molecule has 3 N–H and O–H groups in total. The Morgan fingerprint density at radius 1 is 1.31 bits per heavy atom. The number of likely N-dealkylation sites (tertiary alicyclic amines) is 1. The number of nitrogens with zero attached hydrogens (tertiary/aromatic N) is 1. The number of nitrogens with one attached hydrogen (secondary N) is 1. The smallest absolute Gasteiger partial charge is 0.252 e. The van der Waals surface area contributed by atoms with Gasteiger partial charge in [-0.3, -0.25) is 14.4 Å². The van der Waals surface area contributed by atoms with Crippen molar-refractivity contribution in [1.29, 1.82) is 0 Å². The molecule has 142 valence electrons. The third-order valence-corrected chi connectivity index (χ3v) is 4.78. The molecular formula is C18H23ClFN3O3. The quantitative estimate of drug-likeness (QED) is 0.755. The highest BCUT2D eigenvalue weighted by Gasteiger charge is 2.23. The Balaban J connectivity index is 1.77. The summed E-state index contributed by atoms with van der Waals surface area (Å²) in [5.74, 6) is -1.04. The van der Waals surface area contributed by atoms with Gasteiger partial charge in [-0.2, -0.15) is 0 Å². The first-order chi connectivity index (χ1) is 12.4. The molecule has 1 aromatic carbocycles. The first-order valence-electron chi connectivity index (χ1n) is 8.66. The van der Waals surface area contributed by atoms with Crippen LogP contribution in [0.2, 0.25) is 5.02 Å². The molecule has 0 bridgehead atoms. The van der Waals surface area contributed by atoms with Crippen molar-refractivity contribution >= 4 is 29.3 Å². The number of nitrogens with two attached hydrogens (primary N) is 1. The van der Waals surface area contributed by atoms with Gasteiger partial charge in [0, 0.05) is 32.5 Å². The molecule has 26 heavy (non-hydrogen) atoms. The van der Waals surface area contributed by atoms with Crippen molar-refractivity contribution in [2.24, 2.45) is 11.7 Å². The molecule has 8 heteroatoms. The fourth-order valence-electron chi connectivity index (χ4n) is 3.08. The van der Waals surface area contributed by atoms with E-state index in [1.807, 2.05) is 0 Å². The van der Waals surface area contributed by atoms with E-state index in [1.165, 1.54) is 6.07 Å². The second-order valence-corrected chi connectivity index (χ2v) is 6.89. The highest BCUT2D eigenvalue weighted by atomic mass is 35.5. The van der Waals surface area contributed by atoms with Gasteiger partial charge in [-0.1, -0.05) is 11.6 Å². The van der Waals surface area contributed by atoms with Gasteiger partial charge in [-0.15, -0.1) is 0 Å². The van der Waals surface area contributed by atoms with Gasteiger partial charge in [0.25, 0.3) is 5.91 Å². The fourth-order valence-corrected chi connectivity index (χ4v) is 3.34. The van der Waals surface area contributed by atoms with Gasteiger partial charge >= 0.3 is 0 Å². The van der Waals surface area contributed by atoms with Gasteiger partial charge in [-0.05, 0) is 43.4 Å². The number of piperidine rings is 1. The van der Waals surface area contributed by atoms with E-state index in [1.54, 1.807) is 4.90 Å². The average Bonchev–Trinajstić information content (AvgIpc) is 2.60. The predicted octanol–water partition coefficient (Wildman–Crippen LogP) is 2.10. The minimum Gasteiger partial charge on any atom is -0.370 e. The lowest BCUT2D eigenvalue weighted by Gasteiger charge is -2.32. The Kier molecular flexibility index (Phi) is 7.38. The summed E-state index contributed by atoms with van der Waals surface area (Å²) in [6.07, 6.45) is 3.08. The van der Waals surface area contributed by atoms with Crippen LogP contribution >= 0.6 is 11.6 Å². The summed E-state index contributed by atoms with van der Waals surface area (Å²) in [5, 5.41) is 2.66. The summed E-state index contributed by atoms with van der Waals surface area (Å²) in [6.45, 7) is 1.47. The fraction of sp³-hybridized carbons (Fsp3) is 0.500. The molecule has 2 rings (SSSR count). The molecule has 1 unspecified atom stereocenters. The van der Waals surface area contributed by atoms with Gasteiger partial charge in [0.05, 0.1) is 10.6 Å². The molecule has 0 spiro atoms. The maximum absolute atomic E-state index is 13.0. The number of hydrogen-bond donors (Lipinski definition) is 2. The van der Waals surface area contributed by atoms with E-state index in [0.717, 1.165) is 25.0 Å². The molecule has 3 amide bonds. The van der Waals surface area contributed by atoms with Gasteiger partial charge in [0.1, 0.15) is 5.82 Å². The third kappa shape index (κ3) is 5.98. The molecule has 1 heterocycles. The van der Waals surface area contributed by atoms with Crippen molar-refractivity contribution in [3.8, 4) is 0 Å². The molecule has 0 radical (unpaired) electrons. The molecule has 1 fully saturated rings. The standard InChI is InChI=1S/C18H23ClFN3O3/c19-15-10-13(20)4-5-14(15)18(26)22-8-7-17(25)23-9-1-2-12(11-23)3-6-16(21)24/h4-5,10,12H,1-3,6-9,11H2,(H2,21,24)(H,22,26). The summed E-state index contributed by atoms with van der Waals surface area (Å²) >= 11 is 5.85. The van der Waals surface area contributed by atoms with E-state index in [-0.39, 0.29) is 41.3 Å². The lowest BCUT2D eigenvalue weighted by atomic mass is 9.93. The summed E-state index contributed by atoms with van der Waals surface area (Å²) in [6, 6.07) is 3.54. The number of rotatable bonds is 7. The zero-order chi connectivity index (χ0) is 19.1. The zero-order valence-corrected chi connectivity index (χ0v) is 15.2. The van der Waals surface area contributed by atoms with E-state index < -0.39 is 11.7 Å². The van der Waals surface area contributed by atoms with Crippen LogP contribution in [0.1, 0.15) is 42.5 Å². The van der Waals surface area contributed by atoms with Crippen LogP contribution in [0.4, 0.5) is 4.39 Å². The molecule has 1 atom stereocenters. The largest absolute Gasteiger partial charge is 0.370 e. The van der Waals surface area contributed by atoms with Crippen LogP contribution in [-0.4, -0.2) is 42.3 Å².